The second-order valence-electron chi connectivity index (χ2n) is 7.41. The molecule has 0 fully saturated rings. The number of carbonyl (C=O) groups excluding carboxylic acids is 2. The van der Waals surface area contributed by atoms with Crippen molar-refractivity contribution in [1.29, 1.82) is 0 Å². The van der Waals surface area contributed by atoms with Crippen LogP contribution in [-0.2, 0) is 18.3 Å². The molecule has 4 aromatic rings. The van der Waals surface area contributed by atoms with Crippen molar-refractivity contribution in [2.45, 2.75) is 26.3 Å². The Balaban J connectivity index is 1.60. The van der Waals surface area contributed by atoms with Crippen LogP contribution in [0.5, 0.6) is 0 Å². The van der Waals surface area contributed by atoms with Gasteiger partial charge in [-0.15, -0.1) is 0 Å². The van der Waals surface area contributed by atoms with Crippen molar-refractivity contribution < 1.29 is 9.59 Å². The van der Waals surface area contributed by atoms with Crippen molar-refractivity contribution in [2.24, 2.45) is 7.05 Å². The minimum Gasteiger partial charge on any atom is -0.344 e. The lowest BCUT2D eigenvalue weighted by Gasteiger charge is -2.08. The Morgan fingerprint density at radius 1 is 1.13 bits per heavy atom. The molecule has 0 aliphatic rings. The van der Waals surface area contributed by atoms with Gasteiger partial charge in [0.25, 0.3) is 0 Å². The summed E-state index contributed by atoms with van der Waals surface area (Å²) in [7, 11) is 1.83. The number of nitrogens with one attached hydrogen (secondary N) is 1. The Hall–Kier alpha value is -3.81. The standard InChI is InChI=1S/C22H22N6O2/c1-14(2)28-13-18(17-12-23-5-4-19(17)28)22(30)15-8-16(11-24-10-15)26-21(29)9-20-25-6-7-27(20)3/h4-8,10-14H,9H2,1-3H3,(H,26,29). The molecule has 0 atom stereocenters. The number of fused-ring (bicyclic) bond motifs is 1. The predicted molar refractivity (Wildman–Crippen MR) is 113 cm³/mol. The fraction of sp³-hybridized carbons (Fsp3) is 0.227. The quantitative estimate of drug-likeness (QED) is 0.500. The summed E-state index contributed by atoms with van der Waals surface area (Å²) in [5, 5.41) is 3.58. The summed E-state index contributed by atoms with van der Waals surface area (Å²) in [6.07, 6.45) is 11.9. The smallest absolute Gasteiger partial charge is 0.232 e. The van der Waals surface area contributed by atoms with E-state index < -0.39 is 0 Å². The third kappa shape index (κ3) is 3.71. The van der Waals surface area contributed by atoms with E-state index in [9.17, 15) is 9.59 Å². The number of rotatable bonds is 6. The molecule has 4 rings (SSSR count). The first kappa shape index (κ1) is 19.5. The maximum atomic E-state index is 13.2. The van der Waals surface area contributed by atoms with Crippen molar-refractivity contribution in [1.82, 2.24) is 24.1 Å². The van der Waals surface area contributed by atoms with Gasteiger partial charge in [-0.3, -0.25) is 19.6 Å². The van der Waals surface area contributed by atoms with Gasteiger partial charge in [0.1, 0.15) is 5.82 Å². The molecule has 0 saturated heterocycles. The predicted octanol–water partition coefficient (Wildman–Crippen LogP) is 3.16. The van der Waals surface area contributed by atoms with Crippen LogP contribution in [0.3, 0.4) is 0 Å². The molecule has 0 aliphatic heterocycles. The van der Waals surface area contributed by atoms with Gasteiger partial charge in [-0.1, -0.05) is 0 Å². The number of amides is 1. The van der Waals surface area contributed by atoms with Crippen molar-refractivity contribution >= 4 is 28.3 Å². The molecule has 0 aromatic carbocycles. The van der Waals surface area contributed by atoms with E-state index in [0.29, 0.717) is 22.6 Å². The van der Waals surface area contributed by atoms with Crippen LogP contribution in [-0.4, -0.2) is 35.8 Å². The Kier molecular flexibility index (Phi) is 5.14. The normalized spacial score (nSPS) is 11.2. The third-order valence-electron chi connectivity index (χ3n) is 4.96. The van der Waals surface area contributed by atoms with Crippen molar-refractivity contribution in [3.05, 3.63) is 72.5 Å². The topological polar surface area (TPSA) is 94.7 Å². The number of hydrogen-bond acceptors (Lipinski definition) is 5. The molecule has 1 amide bonds. The summed E-state index contributed by atoms with van der Waals surface area (Å²) in [6.45, 7) is 4.13. The molecule has 0 aliphatic carbocycles. The van der Waals surface area contributed by atoms with Gasteiger partial charge in [-0.05, 0) is 26.0 Å². The molecule has 4 aromatic heterocycles. The number of carbonyl (C=O) groups is 2. The van der Waals surface area contributed by atoms with Gasteiger partial charge in [-0.2, -0.15) is 0 Å². The maximum absolute atomic E-state index is 13.2. The van der Waals surface area contributed by atoms with Crippen LogP contribution in [0, 0.1) is 0 Å². The van der Waals surface area contributed by atoms with E-state index in [1.165, 1.54) is 12.4 Å². The number of aromatic nitrogens is 5. The molecule has 1 N–H and O–H groups in total. The monoisotopic (exact) mass is 402 g/mol. The van der Waals surface area contributed by atoms with E-state index in [4.69, 9.17) is 0 Å². The fourth-order valence-corrected chi connectivity index (χ4v) is 3.41. The highest BCUT2D eigenvalue weighted by Crippen LogP contribution is 2.26. The third-order valence-corrected chi connectivity index (χ3v) is 4.96. The molecule has 0 saturated carbocycles. The Bertz CT molecular complexity index is 1240. The highest BCUT2D eigenvalue weighted by Gasteiger charge is 2.19. The Morgan fingerprint density at radius 2 is 1.97 bits per heavy atom. The van der Waals surface area contributed by atoms with Gasteiger partial charge in [0.05, 0.1) is 23.8 Å². The molecule has 152 valence electrons. The first-order chi connectivity index (χ1) is 14.4. The van der Waals surface area contributed by atoms with Gasteiger partial charge in [0, 0.05) is 66.8 Å². The molecule has 0 bridgehead atoms. The number of anilines is 1. The van der Waals surface area contributed by atoms with Crippen LogP contribution in [0.4, 0.5) is 5.69 Å². The number of ketones is 1. The summed E-state index contributed by atoms with van der Waals surface area (Å²) in [4.78, 5) is 38.0. The SMILES string of the molecule is CC(C)n1cc(C(=O)c2cncc(NC(=O)Cc3nccn3C)c2)c2cnccc21. The number of imidazole rings is 1. The Labute approximate surface area is 173 Å². The lowest BCUT2D eigenvalue weighted by Crippen LogP contribution is -2.17. The second-order valence-corrected chi connectivity index (χ2v) is 7.41. The van der Waals surface area contributed by atoms with E-state index in [2.05, 4.69) is 38.7 Å². The number of nitrogens with zero attached hydrogens (tertiary/aromatic N) is 5. The molecule has 30 heavy (non-hydrogen) atoms. The average Bonchev–Trinajstić information content (AvgIpc) is 3.31. The minimum absolute atomic E-state index is 0.134. The molecule has 0 unspecified atom stereocenters. The maximum Gasteiger partial charge on any atom is 0.232 e. The molecule has 8 heteroatoms. The summed E-state index contributed by atoms with van der Waals surface area (Å²) >= 11 is 0. The van der Waals surface area contributed by atoms with E-state index in [1.54, 1.807) is 35.4 Å². The van der Waals surface area contributed by atoms with Crippen LogP contribution in [0.2, 0.25) is 0 Å². The highest BCUT2D eigenvalue weighted by molar-refractivity contribution is 6.16. The van der Waals surface area contributed by atoms with Crippen molar-refractivity contribution in [3.63, 3.8) is 0 Å². The lowest BCUT2D eigenvalue weighted by atomic mass is 10.0. The minimum atomic E-state index is -0.226. The van der Waals surface area contributed by atoms with E-state index >= 15 is 0 Å². The molecule has 0 radical (unpaired) electrons. The molecular weight excluding hydrogens is 380 g/mol. The molecule has 0 spiro atoms. The zero-order chi connectivity index (χ0) is 21.3. The van der Waals surface area contributed by atoms with E-state index in [-0.39, 0.29) is 24.2 Å². The zero-order valence-electron chi connectivity index (χ0n) is 17.0. The lowest BCUT2D eigenvalue weighted by molar-refractivity contribution is -0.115. The number of aryl methyl sites for hydroxylation is 1. The highest BCUT2D eigenvalue weighted by atomic mass is 16.1. The summed E-state index contributed by atoms with van der Waals surface area (Å²) in [5.41, 5.74) is 2.38. The van der Waals surface area contributed by atoms with E-state index in [0.717, 1.165) is 10.9 Å². The first-order valence-electron chi connectivity index (χ1n) is 9.64. The van der Waals surface area contributed by atoms with Crippen molar-refractivity contribution in [2.75, 3.05) is 5.32 Å². The van der Waals surface area contributed by atoms with Gasteiger partial charge in [-0.25, -0.2) is 4.98 Å². The summed E-state index contributed by atoms with van der Waals surface area (Å²) < 4.78 is 3.84. The van der Waals surface area contributed by atoms with Crippen molar-refractivity contribution in [3.8, 4) is 0 Å². The summed E-state index contributed by atoms with van der Waals surface area (Å²) in [5.74, 6) is 0.262. The summed E-state index contributed by atoms with van der Waals surface area (Å²) in [6, 6.07) is 3.74. The number of hydrogen-bond donors (Lipinski definition) is 1. The fourth-order valence-electron chi connectivity index (χ4n) is 3.41. The largest absolute Gasteiger partial charge is 0.344 e. The van der Waals surface area contributed by atoms with Crippen LogP contribution < -0.4 is 5.32 Å². The molecule has 4 heterocycles. The average molecular weight is 402 g/mol. The van der Waals surface area contributed by atoms with Crippen LogP contribution in [0.25, 0.3) is 10.9 Å². The van der Waals surface area contributed by atoms with Gasteiger partial charge < -0.3 is 14.5 Å². The van der Waals surface area contributed by atoms with Crippen LogP contribution in [0.15, 0.2) is 55.5 Å². The molecular formula is C22H22N6O2. The second kappa shape index (κ2) is 7.90. The zero-order valence-corrected chi connectivity index (χ0v) is 17.0. The van der Waals surface area contributed by atoms with Crippen LogP contribution in [0.1, 0.15) is 41.6 Å². The number of pyridine rings is 2. The van der Waals surface area contributed by atoms with Gasteiger partial charge >= 0.3 is 0 Å². The van der Waals surface area contributed by atoms with Gasteiger partial charge in [0.15, 0.2) is 5.78 Å². The molecule has 8 nitrogen and oxygen atoms in total. The van der Waals surface area contributed by atoms with E-state index in [1.807, 2.05) is 19.3 Å². The first-order valence-corrected chi connectivity index (χ1v) is 9.64. The van der Waals surface area contributed by atoms with Crippen LogP contribution >= 0.6 is 0 Å². The Morgan fingerprint density at radius 3 is 2.70 bits per heavy atom. The van der Waals surface area contributed by atoms with Gasteiger partial charge in [0.2, 0.25) is 5.91 Å².